The van der Waals surface area contributed by atoms with Gasteiger partial charge in [-0.2, -0.15) is 0 Å². The summed E-state index contributed by atoms with van der Waals surface area (Å²) in [6.45, 7) is 4.95. The van der Waals surface area contributed by atoms with E-state index in [1.807, 2.05) is 0 Å². The second-order valence-corrected chi connectivity index (χ2v) is 7.66. The molecule has 0 bridgehead atoms. The maximum Gasteiger partial charge on any atom is 0.339 e. The summed E-state index contributed by atoms with van der Waals surface area (Å²) in [7, 11) is 0. The third-order valence-corrected chi connectivity index (χ3v) is 4.96. The van der Waals surface area contributed by atoms with E-state index in [1.165, 1.54) is 11.0 Å². The largest absolute Gasteiger partial charge is 0.479 e. The van der Waals surface area contributed by atoms with Gasteiger partial charge in [-0.1, -0.05) is 20.8 Å². The number of aromatic amines is 1. The van der Waals surface area contributed by atoms with Crippen molar-refractivity contribution in [1.29, 1.82) is 0 Å². The number of pyridine rings is 1. The molecular formula is C19H22N2O6. The molecular weight excluding hydrogens is 352 g/mol. The van der Waals surface area contributed by atoms with Gasteiger partial charge in [-0.15, -0.1) is 0 Å². The molecule has 3 rings (SSSR count). The molecule has 1 saturated heterocycles. The van der Waals surface area contributed by atoms with Crippen molar-refractivity contribution in [1.82, 2.24) is 4.98 Å². The number of benzene rings is 1. The van der Waals surface area contributed by atoms with Crippen LogP contribution >= 0.6 is 0 Å². The Morgan fingerprint density at radius 2 is 1.93 bits per heavy atom. The van der Waals surface area contributed by atoms with Crippen LogP contribution in [-0.4, -0.2) is 51.9 Å². The zero-order chi connectivity index (χ0) is 20.0. The van der Waals surface area contributed by atoms with Crippen molar-refractivity contribution in [2.24, 2.45) is 5.41 Å². The second-order valence-electron chi connectivity index (χ2n) is 7.66. The average Bonchev–Trinajstić information content (AvgIpc) is 2.59. The highest BCUT2D eigenvalue weighted by Gasteiger charge is 2.58. The lowest BCUT2D eigenvalue weighted by molar-refractivity contribution is -0.203. The molecule has 144 valence electrons. The number of carboxylic acid groups (broad SMARTS) is 1. The van der Waals surface area contributed by atoms with Gasteiger partial charge in [0.15, 0.2) is 6.10 Å². The first-order valence-electron chi connectivity index (χ1n) is 8.57. The molecule has 2 atom stereocenters. The van der Waals surface area contributed by atoms with Gasteiger partial charge in [0, 0.05) is 34.6 Å². The lowest BCUT2D eigenvalue weighted by Crippen LogP contribution is -2.66. The van der Waals surface area contributed by atoms with E-state index in [-0.39, 0.29) is 18.7 Å². The number of carbonyl (C=O) groups is 2. The monoisotopic (exact) mass is 374 g/mol. The lowest BCUT2D eigenvalue weighted by Gasteiger charge is -2.44. The molecule has 0 aliphatic carbocycles. The average molecular weight is 374 g/mol. The van der Waals surface area contributed by atoms with Crippen LogP contribution in [0.5, 0.6) is 0 Å². The van der Waals surface area contributed by atoms with E-state index in [0.29, 0.717) is 11.2 Å². The minimum atomic E-state index is -2.38. The number of amides is 1. The van der Waals surface area contributed by atoms with Gasteiger partial charge in [0.05, 0.1) is 6.61 Å². The van der Waals surface area contributed by atoms with E-state index in [2.05, 4.69) is 4.98 Å². The maximum atomic E-state index is 13.0. The van der Waals surface area contributed by atoms with Crippen LogP contribution in [0.4, 0.5) is 5.69 Å². The zero-order valence-electron chi connectivity index (χ0n) is 15.4. The number of hydrogen-bond acceptors (Lipinski definition) is 5. The maximum absolute atomic E-state index is 13.0. The Balaban J connectivity index is 2.01. The predicted octanol–water partition coefficient (Wildman–Crippen LogP) is 1.12. The number of rotatable bonds is 3. The van der Waals surface area contributed by atoms with E-state index in [4.69, 9.17) is 4.74 Å². The Hall–Kier alpha value is -2.71. The quantitative estimate of drug-likeness (QED) is 0.741. The van der Waals surface area contributed by atoms with Crippen molar-refractivity contribution in [3.8, 4) is 0 Å². The van der Waals surface area contributed by atoms with Crippen LogP contribution in [-0.2, 0) is 14.3 Å². The smallest absolute Gasteiger partial charge is 0.339 e. The van der Waals surface area contributed by atoms with Crippen molar-refractivity contribution in [2.45, 2.75) is 32.5 Å². The first kappa shape index (κ1) is 19.1. The van der Waals surface area contributed by atoms with Crippen molar-refractivity contribution in [3.05, 3.63) is 40.7 Å². The highest BCUT2D eigenvalue weighted by Crippen LogP contribution is 2.37. The second kappa shape index (κ2) is 6.47. The number of hydrogen-bond donors (Lipinski definition) is 3. The molecule has 8 heteroatoms. The van der Waals surface area contributed by atoms with E-state index in [1.54, 1.807) is 45.0 Å². The number of nitrogens with one attached hydrogen (secondary N) is 1. The van der Waals surface area contributed by atoms with E-state index < -0.39 is 29.0 Å². The number of ether oxygens (including phenoxy) is 1. The molecule has 27 heavy (non-hydrogen) atoms. The molecule has 0 saturated carbocycles. The zero-order valence-corrected chi connectivity index (χ0v) is 15.4. The number of fused-ring (bicyclic) bond motifs is 1. The Kier molecular flexibility index (Phi) is 4.57. The number of carboxylic acids is 1. The standard InChI is InChI=1S/C19H22N2O6/c1-18(2,3)19(26,17(24)25)15-16(23)21(8-9-27-15)12-5-6-13-11(10-12)4-7-14(22)20-13/h4-7,10,15,26H,8-9H2,1-3H3,(H,20,22)(H,24,25)/t15-,19+/m0/s1. The molecule has 0 spiro atoms. The van der Waals surface area contributed by atoms with E-state index in [9.17, 15) is 24.6 Å². The molecule has 3 N–H and O–H groups in total. The van der Waals surface area contributed by atoms with Crippen molar-refractivity contribution < 1.29 is 24.5 Å². The van der Waals surface area contributed by atoms with E-state index in [0.717, 1.165) is 5.39 Å². The van der Waals surface area contributed by atoms with E-state index >= 15 is 0 Å². The molecule has 1 aliphatic heterocycles. The summed E-state index contributed by atoms with van der Waals surface area (Å²) in [5.74, 6) is -2.13. The summed E-state index contributed by atoms with van der Waals surface area (Å²) in [5, 5.41) is 21.2. The summed E-state index contributed by atoms with van der Waals surface area (Å²) in [5.41, 5.74) is -2.58. The van der Waals surface area contributed by atoms with Gasteiger partial charge in [0.2, 0.25) is 11.2 Å². The Bertz CT molecular complexity index is 961. The van der Waals surface area contributed by atoms with Gasteiger partial charge < -0.3 is 24.8 Å². The number of nitrogens with zero attached hydrogens (tertiary/aromatic N) is 1. The molecule has 1 aromatic heterocycles. The van der Waals surface area contributed by atoms with Crippen LogP contribution in [0.15, 0.2) is 35.1 Å². The van der Waals surface area contributed by atoms with Crippen molar-refractivity contribution in [2.75, 3.05) is 18.1 Å². The molecule has 2 aromatic rings. The molecule has 1 amide bonds. The normalized spacial score (nSPS) is 20.5. The summed E-state index contributed by atoms with van der Waals surface area (Å²) in [6.07, 6.45) is -1.53. The summed E-state index contributed by atoms with van der Waals surface area (Å²) in [4.78, 5) is 40.4. The molecule has 0 unspecified atom stereocenters. The number of H-pyrrole nitrogens is 1. The molecule has 1 aromatic carbocycles. The number of anilines is 1. The fraction of sp³-hybridized carbons (Fsp3) is 0.421. The fourth-order valence-electron chi connectivity index (χ4n) is 3.28. The lowest BCUT2D eigenvalue weighted by atomic mass is 9.72. The van der Waals surface area contributed by atoms with Gasteiger partial charge >= 0.3 is 5.97 Å². The minimum absolute atomic E-state index is 0.0890. The molecule has 1 aliphatic rings. The number of morpholine rings is 1. The summed E-state index contributed by atoms with van der Waals surface area (Å²) >= 11 is 0. The van der Waals surface area contributed by atoms with Crippen molar-refractivity contribution in [3.63, 3.8) is 0 Å². The van der Waals surface area contributed by atoms with Crippen LogP contribution < -0.4 is 10.5 Å². The number of aromatic nitrogens is 1. The van der Waals surface area contributed by atoms with Crippen molar-refractivity contribution >= 4 is 28.5 Å². The molecule has 0 radical (unpaired) electrons. The van der Waals surface area contributed by atoms with Crippen LogP contribution in [0.2, 0.25) is 0 Å². The SMILES string of the molecule is CC(C)(C)[C@](O)(C(=O)O)[C@H]1OCCN(c2ccc3[nH]c(=O)ccc3c2)C1=O. The van der Waals surface area contributed by atoms with Gasteiger partial charge in [-0.3, -0.25) is 9.59 Å². The third kappa shape index (κ3) is 3.11. The molecule has 2 heterocycles. The van der Waals surface area contributed by atoms with Gasteiger partial charge in [0.1, 0.15) is 0 Å². The Morgan fingerprint density at radius 1 is 1.22 bits per heavy atom. The van der Waals surface area contributed by atoms with Gasteiger partial charge in [-0.25, -0.2) is 4.79 Å². The highest BCUT2D eigenvalue weighted by molar-refractivity contribution is 6.02. The Labute approximate surface area is 155 Å². The van der Waals surface area contributed by atoms with Gasteiger partial charge in [-0.05, 0) is 24.3 Å². The number of aliphatic carboxylic acids is 1. The first-order valence-corrected chi connectivity index (χ1v) is 8.57. The van der Waals surface area contributed by atoms with Crippen LogP contribution in [0, 0.1) is 5.41 Å². The molecule has 8 nitrogen and oxygen atoms in total. The first-order chi connectivity index (χ1) is 12.6. The Morgan fingerprint density at radius 3 is 2.56 bits per heavy atom. The summed E-state index contributed by atoms with van der Waals surface area (Å²) < 4.78 is 5.43. The minimum Gasteiger partial charge on any atom is -0.479 e. The van der Waals surface area contributed by atoms with Crippen LogP contribution in [0.25, 0.3) is 10.9 Å². The topological polar surface area (TPSA) is 120 Å². The number of aliphatic hydroxyl groups is 1. The van der Waals surface area contributed by atoms with Crippen LogP contribution in [0.1, 0.15) is 20.8 Å². The highest BCUT2D eigenvalue weighted by atomic mass is 16.5. The number of carbonyl (C=O) groups excluding carboxylic acids is 1. The predicted molar refractivity (Wildman–Crippen MR) is 98.7 cm³/mol. The fourth-order valence-corrected chi connectivity index (χ4v) is 3.28. The summed E-state index contributed by atoms with van der Waals surface area (Å²) in [6, 6.07) is 8.09. The van der Waals surface area contributed by atoms with Crippen LogP contribution in [0.3, 0.4) is 0 Å². The van der Waals surface area contributed by atoms with Gasteiger partial charge in [0.25, 0.3) is 5.91 Å². The molecule has 1 fully saturated rings. The third-order valence-electron chi connectivity index (χ3n) is 4.96.